The van der Waals surface area contributed by atoms with E-state index >= 15 is 0 Å². The summed E-state index contributed by atoms with van der Waals surface area (Å²) in [4.78, 5) is 12.3. The van der Waals surface area contributed by atoms with Crippen molar-refractivity contribution in [3.05, 3.63) is 53.3 Å². The fourth-order valence-corrected chi connectivity index (χ4v) is 2.51. The van der Waals surface area contributed by atoms with Crippen LogP contribution in [0.4, 0.5) is 0 Å². The zero-order valence-corrected chi connectivity index (χ0v) is 13.2. The van der Waals surface area contributed by atoms with Gasteiger partial charge in [0.05, 0.1) is 16.1 Å². The molecule has 1 amide bonds. The van der Waals surface area contributed by atoms with Crippen molar-refractivity contribution in [2.45, 2.75) is 18.2 Å². The van der Waals surface area contributed by atoms with Gasteiger partial charge >= 0.3 is 0 Å². The molecule has 1 aromatic heterocycles. The molecule has 1 unspecified atom stereocenters. The van der Waals surface area contributed by atoms with Gasteiger partial charge in [-0.15, -0.1) is 0 Å². The SMILES string of the molecule is CCc1nn(C)cc1C(=O)NCC(Br)c1ccccc1. The van der Waals surface area contributed by atoms with Crippen molar-refractivity contribution in [2.75, 3.05) is 6.54 Å². The molecule has 0 fully saturated rings. The molecule has 1 heterocycles. The summed E-state index contributed by atoms with van der Waals surface area (Å²) in [6, 6.07) is 10.0. The Hall–Kier alpha value is -1.62. The highest BCUT2D eigenvalue weighted by Gasteiger charge is 2.15. The first-order valence-corrected chi connectivity index (χ1v) is 7.53. The van der Waals surface area contributed by atoms with E-state index in [1.165, 1.54) is 0 Å². The van der Waals surface area contributed by atoms with E-state index in [1.807, 2.05) is 44.3 Å². The van der Waals surface area contributed by atoms with Crippen LogP contribution in [0.3, 0.4) is 0 Å². The Bertz CT molecular complexity index is 580. The number of benzene rings is 1. The third-order valence-electron chi connectivity index (χ3n) is 3.09. The van der Waals surface area contributed by atoms with Gasteiger partial charge in [-0.05, 0) is 12.0 Å². The van der Waals surface area contributed by atoms with Crippen LogP contribution in [0.2, 0.25) is 0 Å². The lowest BCUT2D eigenvalue weighted by atomic mass is 10.1. The van der Waals surface area contributed by atoms with E-state index in [1.54, 1.807) is 10.9 Å². The van der Waals surface area contributed by atoms with Gasteiger partial charge in [0.15, 0.2) is 0 Å². The maximum Gasteiger partial charge on any atom is 0.254 e. The van der Waals surface area contributed by atoms with Crippen molar-refractivity contribution < 1.29 is 4.79 Å². The molecule has 0 aliphatic carbocycles. The number of carbonyl (C=O) groups is 1. The van der Waals surface area contributed by atoms with Crippen LogP contribution in [0.1, 0.15) is 33.4 Å². The number of hydrogen-bond donors (Lipinski definition) is 1. The van der Waals surface area contributed by atoms with E-state index < -0.39 is 0 Å². The maximum atomic E-state index is 12.2. The van der Waals surface area contributed by atoms with E-state index in [9.17, 15) is 4.79 Å². The largest absolute Gasteiger partial charge is 0.350 e. The van der Waals surface area contributed by atoms with Crippen LogP contribution in [0.5, 0.6) is 0 Å². The average Bonchev–Trinajstić information content (AvgIpc) is 2.86. The number of aryl methyl sites for hydroxylation is 2. The number of carbonyl (C=O) groups excluding carboxylic acids is 1. The van der Waals surface area contributed by atoms with Crippen molar-refractivity contribution in [1.82, 2.24) is 15.1 Å². The summed E-state index contributed by atoms with van der Waals surface area (Å²) in [7, 11) is 1.83. The lowest BCUT2D eigenvalue weighted by Crippen LogP contribution is -2.27. The van der Waals surface area contributed by atoms with Crippen LogP contribution in [-0.4, -0.2) is 22.2 Å². The normalized spacial score (nSPS) is 12.2. The summed E-state index contributed by atoms with van der Waals surface area (Å²) >= 11 is 3.59. The van der Waals surface area contributed by atoms with Gasteiger partial charge < -0.3 is 5.32 Å². The minimum atomic E-state index is -0.0738. The second-order valence-corrected chi connectivity index (χ2v) is 5.71. The Labute approximate surface area is 127 Å². The van der Waals surface area contributed by atoms with Crippen LogP contribution in [-0.2, 0) is 13.5 Å². The number of amides is 1. The van der Waals surface area contributed by atoms with Crippen molar-refractivity contribution in [2.24, 2.45) is 7.05 Å². The van der Waals surface area contributed by atoms with Gasteiger partial charge in [0.1, 0.15) is 0 Å². The van der Waals surface area contributed by atoms with Crippen LogP contribution in [0, 0.1) is 0 Å². The zero-order chi connectivity index (χ0) is 14.5. The molecule has 0 saturated carbocycles. The lowest BCUT2D eigenvalue weighted by molar-refractivity contribution is 0.0953. The van der Waals surface area contributed by atoms with E-state index in [0.717, 1.165) is 17.7 Å². The average molecular weight is 336 g/mol. The van der Waals surface area contributed by atoms with Crippen molar-refractivity contribution in [3.8, 4) is 0 Å². The lowest BCUT2D eigenvalue weighted by Gasteiger charge is -2.11. The Balaban J connectivity index is 1.98. The Morgan fingerprint density at radius 1 is 1.40 bits per heavy atom. The number of hydrogen-bond acceptors (Lipinski definition) is 2. The molecular formula is C15H18BrN3O. The molecule has 0 radical (unpaired) electrons. The smallest absolute Gasteiger partial charge is 0.254 e. The third-order valence-corrected chi connectivity index (χ3v) is 3.94. The topological polar surface area (TPSA) is 46.9 Å². The summed E-state index contributed by atoms with van der Waals surface area (Å²) in [5.74, 6) is -0.0738. The van der Waals surface area contributed by atoms with E-state index in [4.69, 9.17) is 0 Å². The van der Waals surface area contributed by atoms with Crippen molar-refractivity contribution >= 4 is 21.8 Å². The summed E-state index contributed by atoms with van der Waals surface area (Å²) in [6.07, 6.45) is 2.51. The number of halogens is 1. The van der Waals surface area contributed by atoms with Gasteiger partial charge in [0.2, 0.25) is 0 Å². The molecule has 0 saturated heterocycles. The molecular weight excluding hydrogens is 318 g/mol. The first-order chi connectivity index (χ1) is 9.61. The Kier molecular flexibility index (Phi) is 4.95. The molecule has 0 spiro atoms. The molecule has 2 aromatic rings. The summed E-state index contributed by atoms with van der Waals surface area (Å²) in [6.45, 7) is 2.54. The Morgan fingerprint density at radius 3 is 2.75 bits per heavy atom. The standard InChI is InChI=1S/C15H18BrN3O/c1-3-14-12(10-19(2)18-14)15(20)17-9-13(16)11-7-5-4-6-8-11/h4-8,10,13H,3,9H2,1-2H3,(H,17,20). The second-order valence-electron chi connectivity index (χ2n) is 4.60. The second kappa shape index (κ2) is 6.70. The predicted octanol–water partition coefficient (Wildman–Crippen LogP) is 2.85. The predicted molar refractivity (Wildman–Crippen MR) is 83.0 cm³/mol. The number of alkyl halides is 1. The van der Waals surface area contributed by atoms with Gasteiger partial charge in [-0.1, -0.05) is 53.2 Å². The monoisotopic (exact) mass is 335 g/mol. The van der Waals surface area contributed by atoms with Gasteiger partial charge in [0.25, 0.3) is 5.91 Å². The third kappa shape index (κ3) is 3.48. The molecule has 5 heteroatoms. The van der Waals surface area contributed by atoms with Gasteiger partial charge in [0, 0.05) is 19.8 Å². The summed E-state index contributed by atoms with van der Waals surface area (Å²) in [5, 5.41) is 7.23. The van der Waals surface area contributed by atoms with E-state index in [-0.39, 0.29) is 10.7 Å². The van der Waals surface area contributed by atoms with E-state index in [0.29, 0.717) is 12.1 Å². The van der Waals surface area contributed by atoms with Gasteiger partial charge in [-0.2, -0.15) is 5.10 Å². The molecule has 106 valence electrons. The van der Waals surface area contributed by atoms with Gasteiger partial charge in [-0.3, -0.25) is 9.48 Å². The van der Waals surface area contributed by atoms with E-state index in [2.05, 4.69) is 26.3 Å². The first-order valence-electron chi connectivity index (χ1n) is 6.61. The Morgan fingerprint density at radius 2 is 2.10 bits per heavy atom. The molecule has 4 nitrogen and oxygen atoms in total. The highest BCUT2D eigenvalue weighted by atomic mass is 79.9. The highest BCUT2D eigenvalue weighted by Crippen LogP contribution is 2.21. The molecule has 0 bridgehead atoms. The molecule has 1 atom stereocenters. The molecule has 0 aliphatic rings. The molecule has 20 heavy (non-hydrogen) atoms. The maximum absolute atomic E-state index is 12.2. The minimum Gasteiger partial charge on any atom is -0.350 e. The van der Waals surface area contributed by atoms with Crippen molar-refractivity contribution in [3.63, 3.8) is 0 Å². The van der Waals surface area contributed by atoms with Crippen molar-refractivity contribution in [1.29, 1.82) is 0 Å². The zero-order valence-electron chi connectivity index (χ0n) is 11.6. The number of nitrogens with zero attached hydrogens (tertiary/aromatic N) is 2. The van der Waals surface area contributed by atoms with Crippen LogP contribution >= 0.6 is 15.9 Å². The fourth-order valence-electron chi connectivity index (χ4n) is 2.04. The minimum absolute atomic E-state index is 0.0738. The molecule has 2 rings (SSSR count). The quantitative estimate of drug-likeness (QED) is 0.854. The summed E-state index contributed by atoms with van der Waals surface area (Å²) in [5.41, 5.74) is 2.63. The number of nitrogens with one attached hydrogen (secondary N) is 1. The fraction of sp³-hybridized carbons (Fsp3) is 0.333. The van der Waals surface area contributed by atoms with Crippen LogP contribution in [0.25, 0.3) is 0 Å². The molecule has 1 aromatic carbocycles. The van der Waals surface area contributed by atoms with Crippen LogP contribution in [0.15, 0.2) is 36.5 Å². The molecule has 0 aliphatic heterocycles. The van der Waals surface area contributed by atoms with Gasteiger partial charge in [-0.25, -0.2) is 0 Å². The first kappa shape index (κ1) is 14.8. The number of aromatic nitrogens is 2. The van der Waals surface area contributed by atoms with Crippen LogP contribution < -0.4 is 5.32 Å². The number of rotatable bonds is 5. The summed E-state index contributed by atoms with van der Waals surface area (Å²) < 4.78 is 1.68. The highest BCUT2D eigenvalue weighted by molar-refractivity contribution is 9.09. The molecule has 1 N–H and O–H groups in total.